The third-order valence-corrected chi connectivity index (χ3v) is 3.61. The molecule has 2 aromatic rings. The van der Waals surface area contributed by atoms with E-state index in [0.717, 1.165) is 18.7 Å². The van der Waals surface area contributed by atoms with Crippen LogP contribution in [0.4, 0.5) is 5.69 Å². The summed E-state index contributed by atoms with van der Waals surface area (Å²) in [5.41, 5.74) is 2.73. The molecule has 0 bridgehead atoms. The van der Waals surface area contributed by atoms with Crippen molar-refractivity contribution in [1.82, 2.24) is 0 Å². The molecule has 108 valence electrons. The molecule has 3 heteroatoms. The molecule has 2 aromatic carbocycles. The number of rotatable bonds is 6. The van der Waals surface area contributed by atoms with E-state index >= 15 is 0 Å². The maximum absolute atomic E-state index is 9.18. The first kappa shape index (κ1) is 14.9. The summed E-state index contributed by atoms with van der Waals surface area (Å²) in [7, 11) is 1.62. The highest BCUT2D eigenvalue weighted by molar-refractivity contribution is 5.66. The largest absolute Gasteiger partial charge is 0.495 e. The lowest BCUT2D eigenvalue weighted by molar-refractivity contribution is 0.416. The summed E-state index contributed by atoms with van der Waals surface area (Å²) in [5, 5.41) is 12.5. The average molecular weight is 280 g/mol. The Bertz CT molecular complexity index is 617. The zero-order valence-electron chi connectivity index (χ0n) is 12.5. The molecule has 0 aromatic heterocycles. The van der Waals surface area contributed by atoms with Crippen LogP contribution in [0.25, 0.3) is 0 Å². The van der Waals surface area contributed by atoms with Crippen LogP contribution in [0, 0.1) is 11.3 Å². The molecular formula is C18H20N2O. The predicted octanol–water partition coefficient (Wildman–Crippen LogP) is 4.17. The SMILES string of the molecule is COc1cccc(C#N)c1NCCC(C)c1ccccc1. The zero-order valence-corrected chi connectivity index (χ0v) is 12.5. The molecule has 21 heavy (non-hydrogen) atoms. The van der Waals surface area contributed by atoms with Crippen molar-refractivity contribution >= 4 is 5.69 Å². The van der Waals surface area contributed by atoms with Crippen LogP contribution in [0.3, 0.4) is 0 Å². The van der Waals surface area contributed by atoms with E-state index in [9.17, 15) is 5.26 Å². The van der Waals surface area contributed by atoms with E-state index in [0.29, 0.717) is 17.2 Å². The third-order valence-electron chi connectivity index (χ3n) is 3.61. The van der Waals surface area contributed by atoms with E-state index in [1.807, 2.05) is 18.2 Å². The van der Waals surface area contributed by atoms with Gasteiger partial charge in [0, 0.05) is 6.54 Å². The van der Waals surface area contributed by atoms with Gasteiger partial charge < -0.3 is 10.1 Å². The summed E-state index contributed by atoms with van der Waals surface area (Å²) in [4.78, 5) is 0. The van der Waals surface area contributed by atoms with Crippen LogP contribution >= 0.6 is 0 Å². The van der Waals surface area contributed by atoms with E-state index in [-0.39, 0.29) is 0 Å². The van der Waals surface area contributed by atoms with E-state index < -0.39 is 0 Å². The zero-order chi connectivity index (χ0) is 15.1. The van der Waals surface area contributed by atoms with Gasteiger partial charge in [-0.15, -0.1) is 0 Å². The maximum atomic E-state index is 9.18. The number of methoxy groups -OCH3 is 1. The van der Waals surface area contributed by atoms with Gasteiger partial charge in [-0.05, 0) is 30.0 Å². The second-order valence-electron chi connectivity index (χ2n) is 5.02. The number of hydrogen-bond acceptors (Lipinski definition) is 3. The Morgan fingerprint density at radius 2 is 1.90 bits per heavy atom. The Labute approximate surface area is 126 Å². The second-order valence-corrected chi connectivity index (χ2v) is 5.02. The van der Waals surface area contributed by atoms with Gasteiger partial charge in [0.05, 0.1) is 18.4 Å². The van der Waals surface area contributed by atoms with Crippen molar-refractivity contribution in [3.05, 3.63) is 59.7 Å². The van der Waals surface area contributed by atoms with Crippen molar-refractivity contribution in [1.29, 1.82) is 5.26 Å². The molecule has 0 heterocycles. The van der Waals surface area contributed by atoms with Crippen molar-refractivity contribution in [3.8, 4) is 11.8 Å². The summed E-state index contributed by atoms with van der Waals surface area (Å²) < 4.78 is 5.32. The molecule has 1 unspecified atom stereocenters. The molecule has 0 aliphatic heterocycles. The molecule has 3 nitrogen and oxygen atoms in total. The van der Waals surface area contributed by atoms with Crippen LogP contribution in [0.2, 0.25) is 0 Å². The van der Waals surface area contributed by atoms with Crippen molar-refractivity contribution in [2.75, 3.05) is 19.0 Å². The van der Waals surface area contributed by atoms with E-state index in [4.69, 9.17) is 4.74 Å². The van der Waals surface area contributed by atoms with Gasteiger partial charge in [-0.1, -0.05) is 43.3 Å². The number of anilines is 1. The molecule has 0 saturated carbocycles. The number of para-hydroxylation sites is 1. The van der Waals surface area contributed by atoms with Gasteiger partial charge in [0.2, 0.25) is 0 Å². The topological polar surface area (TPSA) is 45.0 Å². The van der Waals surface area contributed by atoms with Gasteiger partial charge in [0.15, 0.2) is 0 Å². The second kappa shape index (κ2) is 7.35. The average Bonchev–Trinajstić information content (AvgIpc) is 2.55. The normalized spacial score (nSPS) is 11.5. The molecule has 0 amide bonds. The lowest BCUT2D eigenvalue weighted by Gasteiger charge is -2.15. The molecule has 0 aliphatic carbocycles. The summed E-state index contributed by atoms with van der Waals surface area (Å²) in [5.74, 6) is 1.18. The smallest absolute Gasteiger partial charge is 0.143 e. The standard InChI is InChI=1S/C18H20N2O/c1-14(15-7-4-3-5-8-15)11-12-20-18-16(13-19)9-6-10-17(18)21-2/h3-10,14,20H,11-12H2,1-2H3. The summed E-state index contributed by atoms with van der Waals surface area (Å²) in [6.45, 7) is 3.01. The fourth-order valence-electron chi connectivity index (χ4n) is 2.34. The molecule has 0 aliphatic rings. The lowest BCUT2D eigenvalue weighted by Crippen LogP contribution is -2.08. The third kappa shape index (κ3) is 3.76. The van der Waals surface area contributed by atoms with Gasteiger partial charge in [-0.3, -0.25) is 0 Å². The number of nitrogens with zero attached hydrogens (tertiary/aromatic N) is 1. The molecule has 0 radical (unpaired) electrons. The van der Waals surface area contributed by atoms with Gasteiger partial charge in [0.25, 0.3) is 0 Å². The van der Waals surface area contributed by atoms with Crippen LogP contribution < -0.4 is 10.1 Å². The first-order valence-corrected chi connectivity index (χ1v) is 7.12. The van der Waals surface area contributed by atoms with E-state index in [1.165, 1.54) is 5.56 Å². The van der Waals surface area contributed by atoms with Crippen molar-refractivity contribution in [2.24, 2.45) is 0 Å². The Morgan fingerprint density at radius 1 is 1.14 bits per heavy atom. The summed E-state index contributed by atoms with van der Waals surface area (Å²) in [6, 6.07) is 18.1. The highest BCUT2D eigenvalue weighted by Crippen LogP contribution is 2.28. The van der Waals surface area contributed by atoms with Crippen molar-refractivity contribution < 1.29 is 4.74 Å². The number of nitrogens with one attached hydrogen (secondary N) is 1. The molecule has 1 N–H and O–H groups in total. The number of ether oxygens (including phenoxy) is 1. The van der Waals surface area contributed by atoms with E-state index in [1.54, 1.807) is 13.2 Å². The van der Waals surface area contributed by atoms with Crippen molar-refractivity contribution in [3.63, 3.8) is 0 Å². The minimum Gasteiger partial charge on any atom is -0.495 e. The molecular weight excluding hydrogens is 260 g/mol. The number of benzene rings is 2. The predicted molar refractivity (Wildman–Crippen MR) is 85.7 cm³/mol. The Morgan fingerprint density at radius 3 is 2.57 bits per heavy atom. The molecule has 0 saturated heterocycles. The fraction of sp³-hybridized carbons (Fsp3) is 0.278. The molecule has 2 rings (SSSR count). The Hall–Kier alpha value is -2.47. The van der Waals surface area contributed by atoms with Gasteiger partial charge in [-0.25, -0.2) is 0 Å². The highest BCUT2D eigenvalue weighted by atomic mass is 16.5. The fourth-order valence-corrected chi connectivity index (χ4v) is 2.34. The highest BCUT2D eigenvalue weighted by Gasteiger charge is 2.09. The molecule has 1 atom stereocenters. The first-order valence-electron chi connectivity index (χ1n) is 7.12. The summed E-state index contributed by atoms with van der Waals surface area (Å²) >= 11 is 0. The minimum atomic E-state index is 0.471. The van der Waals surface area contributed by atoms with E-state index in [2.05, 4.69) is 42.6 Å². The molecule has 0 spiro atoms. The molecule has 0 fully saturated rings. The van der Waals surface area contributed by atoms with Crippen LogP contribution in [0.15, 0.2) is 48.5 Å². The number of nitriles is 1. The van der Waals surface area contributed by atoms with Gasteiger partial charge in [-0.2, -0.15) is 5.26 Å². The number of hydrogen-bond donors (Lipinski definition) is 1. The van der Waals surface area contributed by atoms with Crippen LogP contribution in [-0.4, -0.2) is 13.7 Å². The maximum Gasteiger partial charge on any atom is 0.143 e. The van der Waals surface area contributed by atoms with Crippen molar-refractivity contribution in [2.45, 2.75) is 19.3 Å². The quantitative estimate of drug-likeness (QED) is 0.863. The van der Waals surface area contributed by atoms with Crippen LogP contribution in [0.5, 0.6) is 5.75 Å². The van der Waals surface area contributed by atoms with Gasteiger partial charge in [0.1, 0.15) is 11.8 Å². The van der Waals surface area contributed by atoms with Gasteiger partial charge >= 0.3 is 0 Å². The lowest BCUT2D eigenvalue weighted by atomic mass is 9.98. The minimum absolute atomic E-state index is 0.471. The summed E-state index contributed by atoms with van der Waals surface area (Å²) in [6.07, 6.45) is 0.993. The Balaban J connectivity index is 1.99. The monoisotopic (exact) mass is 280 g/mol. The first-order chi connectivity index (χ1) is 10.3. The Kier molecular flexibility index (Phi) is 5.22. The van der Waals surface area contributed by atoms with Crippen LogP contribution in [-0.2, 0) is 0 Å². The van der Waals surface area contributed by atoms with Crippen LogP contribution in [0.1, 0.15) is 30.4 Å².